The van der Waals surface area contributed by atoms with Crippen LogP contribution in [0.2, 0.25) is 0 Å². The first-order valence-electron chi connectivity index (χ1n) is 19.9. The third-order valence-corrected chi connectivity index (χ3v) is 8.58. The topological polar surface area (TPSA) is 517 Å². The van der Waals surface area contributed by atoms with Crippen molar-refractivity contribution in [2.45, 2.75) is 114 Å². The largest absolute Gasteiger partial charge is 0.480 e. The van der Waals surface area contributed by atoms with Crippen molar-refractivity contribution in [2.24, 2.45) is 72.5 Å². The van der Waals surface area contributed by atoms with E-state index in [1.807, 2.05) is 13.8 Å². The van der Waals surface area contributed by atoms with Crippen molar-refractivity contribution < 1.29 is 48.3 Å². The number of nitrogens with one attached hydrogen (secondary N) is 6. The number of aliphatic carboxylic acids is 1. The lowest BCUT2D eigenvalue weighted by Crippen LogP contribution is -2.58. The highest BCUT2D eigenvalue weighted by atomic mass is 16.4. The normalized spacial score (nSPS) is 13.5. The molecule has 0 aromatic heterocycles. The molecule has 63 heavy (non-hydrogen) atoms. The first-order valence-corrected chi connectivity index (χ1v) is 19.9. The van der Waals surface area contributed by atoms with Gasteiger partial charge in [0.1, 0.15) is 30.2 Å². The van der Waals surface area contributed by atoms with Gasteiger partial charge in [0.05, 0.1) is 19.0 Å². The molecule has 6 atom stereocenters. The number of carboxylic acids is 1. The number of rotatable bonds is 32. The molecule has 0 aliphatic heterocycles. The van der Waals surface area contributed by atoms with Crippen LogP contribution >= 0.6 is 0 Å². The standard InChI is InChI=1S/C35H66N18O10/c1-17(2)14-22(52-27(57)18(36)6-3-11-45-33(39)40)30(60)50-19(7-4-12-46-34(41)42)28(58)48-16-26(56)49-20(8-5-13-47-35(43)44)29(59)53-23(15-25(38)55)31(61)51-21(32(62)63)9-10-24(37)54/h17-23H,3-16,36H2,1-2H3,(H2,37,54)(H2,38,55)(H,48,58)(H,49,56)(H,50,60)(H,51,61)(H,52,57)(H,53,59)(H,62,63)(H4,39,40,45)(H4,41,42,46)(H4,43,44,47)/t18-,19-,20-,21-,22-,23-/m0/s1. The number of nitrogens with zero attached hydrogens (tertiary/aromatic N) is 3. The Balaban J connectivity index is 6.18. The molecule has 0 saturated heterocycles. The molecule has 356 valence electrons. The predicted octanol–water partition coefficient (Wildman–Crippen LogP) is -7.71. The summed E-state index contributed by atoms with van der Waals surface area (Å²) in [6.07, 6.45) is -0.795. The smallest absolute Gasteiger partial charge is 0.326 e. The van der Waals surface area contributed by atoms with Crippen LogP contribution in [0.5, 0.6) is 0 Å². The van der Waals surface area contributed by atoms with Gasteiger partial charge in [-0.05, 0) is 57.3 Å². The van der Waals surface area contributed by atoms with Gasteiger partial charge in [-0.1, -0.05) is 13.8 Å². The quantitative estimate of drug-likeness (QED) is 0.0169. The molecule has 0 radical (unpaired) electrons. The zero-order valence-corrected chi connectivity index (χ0v) is 35.6. The zero-order valence-electron chi connectivity index (χ0n) is 35.6. The molecular formula is C35H66N18O10. The van der Waals surface area contributed by atoms with Gasteiger partial charge in [-0.3, -0.25) is 53.3 Å². The van der Waals surface area contributed by atoms with E-state index < -0.39 is 115 Å². The Hall–Kier alpha value is -7.00. The van der Waals surface area contributed by atoms with Crippen LogP contribution in [0.4, 0.5) is 0 Å². The lowest BCUT2D eigenvalue weighted by Gasteiger charge is -2.25. The Morgan fingerprint density at radius 2 is 0.937 bits per heavy atom. The fourth-order valence-corrected chi connectivity index (χ4v) is 5.48. The van der Waals surface area contributed by atoms with Crippen LogP contribution in [0, 0.1) is 5.92 Å². The molecule has 0 unspecified atom stereocenters. The van der Waals surface area contributed by atoms with Crippen molar-refractivity contribution in [3.63, 3.8) is 0 Å². The van der Waals surface area contributed by atoms with E-state index >= 15 is 0 Å². The molecule has 0 aliphatic carbocycles. The van der Waals surface area contributed by atoms with Crippen LogP contribution in [-0.4, -0.2) is 139 Å². The minimum absolute atomic E-state index is 0.00504. The van der Waals surface area contributed by atoms with Crippen molar-refractivity contribution in [3.8, 4) is 0 Å². The predicted molar refractivity (Wildman–Crippen MR) is 230 cm³/mol. The Morgan fingerprint density at radius 3 is 1.40 bits per heavy atom. The van der Waals surface area contributed by atoms with Crippen LogP contribution in [0.15, 0.2) is 15.0 Å². The summed E-state index contributed by atoms with van der Waals surface area (Å²) >= 11 is 0. The molecule has 0 heterocycles. The van der Waals surface area contributed by atoms with E-state index in [1.54, 1.807) is 0 Å². The highest BCUT2D eigenvalue weighted by molar-refractivity contribution is 5.97. The number of amides is 8. The molecule has 0 aromatic carbocycles. The number of carbonyl (C=O) groups is 9. The van der Waals surface area contributed by atoms with Gasteiger partial charge in [-0.2, -0.15) is 0 Å². The van der Waals surface area contributed by atoms with E-state index in [1.165, 1.54) is 0 Å². The third-order valence-electron chi connectivity index (χ3n) is 8.58. The van der Waals surface area contributed by atoms with Gasteiger partial charge in [0.25, 0.3) is 0 Å². The number of nitrogens with two attached hydrogens (primary N) is 9. The van der Waals surface area contributed by atoms with Crippen LogP contribution in [0.3, 0.4) is 0 Å². The van der Waals surface area contributed by atoms with Crippen molar-refractivity contribution in [2.75, 3.05) is 26.2 Å². The summed E-state index contributed by atoms with van der Waals surface area (Å²) in [5.41, 5.74) is 48.6. The molecule has 28 nitrogen and oxygen atoms in total. The SMILES string of the molecule is CC(C)C[C@H](NC(=O)[C@@H](N)CCCN=C(N)N)C(=O)N[C@@H](CCCN=C(N)N)C(=O)NCC(=O)N[C@@H](CCCN=C(N)N)C(=O)N[C@@H](CC(N)=O)C(=O)N[C@@H](CCC(N)=O)C(=O)O. The molecule has 28 heteroatoms. The minimum atomic E-state index is -1.73. The minimum Gasteiger partial charge on any atom is -0.480 e. The van der Waals surface area contributed by atoms with E-state index in [2.05, 4.69) is 46.9 Å². The summed E-state index contributed by atoms with van der Waals surface area (Å²) in [5, 5.41) is 23.9. The van der Waals surface area contributed by atoms with Gasteiger partial charge in [0, 0.05) is 26.1 Å². The van der Waals surface area contributed by atoms with Crippen molar-refractivity contribution >= 4 is 71.1 Å². The van der Waals surface area contributed by atoms with Crippen molar-refractivity contribution in [3.05, 3.63) is 0 Å². The summed E-state index contributed by atoms with van der Waals surface area (Å²) in [7, 11) is 0. The second-order valence-electron chi connectivity index (χ2n) is 14.7. The van der Waals surface area contributed by atoms with Crippen molar-refractivity contribution in [1.82, 2.24) is 31.9 Å². The molecule has 25 N–H and O–H groups in total. The molecular weight excluding hydrogens is 833 g/mol. The lowest BCUT2D eigenvalue weighted by atomic mass is 10.0. The average Bonchev–Trinajstić information content (AvgIpc) is 3.17. The zero-order chi connectivity index (χ0) is 48.2. The summed E-state index contributed by atoms with van der Waals surface area (Å²) < 4.78 is 0. The summed E-state index contributed by atoms with van der Waals surface area (Å²) in [5.74, 6) is -9.44. The maximum Gasteiger partial charge on any atom is 0.326 e. The van der Waals surface area contributed by atoms with E-state index in [9.17, 15) is 48.3 Å². The fraction of sp³-hybridized carbons (Fsp3) is 0.657. The number of hydrogen-bond acceptors (Lipinski definition) is 13. The van der Waals surface area contributed by atoms with Gasteiger partial charge < -0.3 is 88.6 Å². The third kappa shape index (κ3) is 26.7. The maximum atomic E-state index is 13.6. The number of aliphatic imine (C=N–C) groups is 3. The highest BCUT2D eigenvalue weighted by Crippen LogP contribution is 2.09. The lowest BCUT2D eigenvalue weighted by molar-refractivity contribution is -0.142. The van der Waals surface area contributed by atoms with E-state index in [0.29, 0.717) is 6.42 Å². The maximum absolute atomic E-state index is 13.6. The Bertz CT molecular complexity index is 1660. The number of hydrogen-bond donors (Lipinski definition) is 16. The molecule has 0 aromatic rings. The van der Waals surface area contributed by atoms with E-state index in [0.717, 1.165) is 0 Å². The Labute approximate surface area is 363 Å². The highest BCUT2D eigenvalue weighted by Gasteiger charge is 2.32. The number of primary amides is 2. The molecule has 0 rings (SSSR count). The van der Waals surface area contributed by atoms with Gasteiger partial charge in [-0.15, -0.1) is 0 Å². The first kappa shape index (κ1) is 56.0. The van der Waals surface area contributed by atoms with Gasteiger partial charge in [0.15, 0.2) is 17.9 Å². The summed E-state index contributed by atoms with van der Waals surface area (Å²) in [6, 6.07) is -8.24. The molecule has 0 saturated carbocycles. The van der Waals surface area contributed by atoms with E-state index in [-0.39, 0.29) is 82.0 Å². The van der Waals surface area contributed by atoms with Crippen LogP contribution in [-0.2, 0) is 43.2 Å². The number of carbonyl (C=O) groups excluding carboxylic acids is 8. The summed E-state index contributed by atoms with van der Waals surface area (Å²) in [6.45, 7) is 3.17. The van der Waals surface area contributed by atoms with Crippen LogP contribution in [0.25, 0.3) is 0 Å². The Morgan fingerprint density at radius 1 is 0.508 bits per heavy atom. The van der Waals surface area contributed by atoms with Gasteiger partial charge in [0.2, 0.25) is 47.3 Å². The second kappa shape index (κ2) is 30.1. The van der Waals surface area contributed by atoms with Gasteiger partial charge >= 0.3 is 5.97 Å². The molecule has 0 spiro atoms. The average molecular weight is 899 g/mol. The number of carboxylic acid groups (broad SMARTS) is 1. The molecule has 8 amide bonds. The Kier molecular flexibility index (Phi) is 26.8. The van der Waals surface area contributed by atoms with E-state index in [4.69, 9.17) is 51.6 Å². The molecule has 0 fully saturated rings. The second-order valence-corrected chi connectivity index (χ2v) is 14.7. The van der Waals surface area contributed by atoms with Crippen LogP contribution in [0.1, 0.15) is 78.1 Å². The van der Waals surface area contributed by atoms with Crippen LogP contribution < -0.4 is 83.5 Å². The first-order chi connectivity index (χ1) is 29.4. The number of guanidine groups is 3. The molecule has 0 aliphatic rings. The van der Waals surface area contributed by atoms with Gasteiger partial charge in [-0.25, -0.2) is 4.79 Å². The fourth-order valence-electron chi connectivity index (χ4n) is 5.48. The summed E-state index contributed by atoms with van der Waals surface area (Å²) in [4.78, 5) is 126. The monoisotopic (exact) mass is 899 g/mol. The molecule has 0 bridgehead atoms. The van der Waals surface area contributed by atoms with Crippen molar-refractivity contribution in [1.29, 1.82) is 0 Å².